The Labute approximate surface area is 229 Å². The minimum absolute atomic E-state index is 0. The Morgan fingerprint density at radius 3 is 1.42 bits per heavy atom. The molecule has 0 aliphatic rings. The normalized spacial score (nSPS) is 12.2. The summed E-state index contributed by atoms with van der Waals surface area (Å²) in [5.74, 6) is -0.976. The van der Waals surface area contributed by atoms with Crippen LogP contribution >= 0.6 is 0 Å². The van der Waals surface area contributed by atoms with Crippen LogP contribution in [0, 0.1) is 5.41 Å². The lowest BCUT2D eigenvalue weighted by molar-refractivity contribution is -0.170. The molecule has 0 saturated carbocycles. The van der Waals surface area contributed by atoms with Gasteiger partial charge < -0.3 is 9.29 Å². The van der Waals surface area contributed by atoms with Crippen molar-refractivity contribution in [3.63, 3.8) is 0 Å². The highest BCUT2D eigenvalue weighted by molar-refractivity contribution is 7.97. The van der Waals surface area contributed by atoms with Gasteiger partial charge in [0.1, 0.15) is 0 Å². The lowest BCUT2D eigenvalue weighted by Gasteiger charge is -2.29. The van der Waals surface area contributed by atoms with Crippen LogP contribution in [0.5, 0.6) is 0 Å². The highest BCUT2D eigenvalue weighted by atomic mass is 32.2. The van der Waals surface area contributed by atoms with Crippen LogP contribution in [0.25, 0.3) is 0 Å². The molecule has 5 nitrogen and oxygen atoms in total. The Bertz CT molecular complexity index is 1110. The van der Waals surface area contributed by atoms with Gasteiger partial charge in [0.05, 0.1) is 16.3 Å². The zero-order chi connectivity index (χ0) is 27.0. The summed E-state index contributed by atoms with van der Waals surface area (Å²) in [6.07, 6.45) is -1.99. The summed E-state index contributed by atoms with van der Waals surface area (Å²) in [6.45, 7) is 5.24. The number of benzene rings is 3. The monoisotopic (exact) mass is 568 g/mol. The zero-order valence-corrected chi connectivity index (χ0v) is 22.2. The van der Waals surface area contributed by atoms with Crippen LogP contribution in [-0.4, -0.2) is 30.3 Å². The van der Waals surface area contributed by atoms with Crippen molar-refractivity contribution in [3.8, 4) is 0 Å². The van der Waals surface area contributed by atoms with Crippen LogP contribution in [0.4, 0.5) is 8.78 Å². The van der Waals surface area contributed by atoms with E-state index in [1.165, 1.54) is 28.5 Å². The number of hydrogen-bond acceptors (Lipinski definition) is 5. The van der Waals surface area contributed by atoms with Crippen molar-refractivity contribution < 1.29 is 31.3 Å². The van der Waals surface area contributed by atoms with Crippen molar-refractivity contribution in [1.82, 2.24) is 0 Å². The third kappa shape index (κ3) is 9.22. The SMILES string of the molecule is C.C.CCC(C)(C)C(=O)OC(C)C(F)(F)S(=O)(=O)[O-].c1ccc([S+](c2ccccc2)c2ccccc2)cc1. The summed E-state index contributed by atoms with van der Waals surface area (Å²) in [7, 11) is -5.87. The standard InChI is InChI=1S/C18H15S.C9H16F2O5S.2CH4/c1-4-10-16(11-5-1)19(17-12-6-2-7-13-17)18-14-8-3-9-15-18;1-5-8(3,4)7(12)16-6(2)9(10,11)17(13,14)15;;/h1-15H;6H,5H2,1-4H3,(H,13,14,15);2*1H4/q+1;;;/p-1. The number of ether oxygens (including phenoxy) is 1. The second-order valence-electron chi connectivity index (χ2n) is 8.55. The topological polar surface area (TPSA) is 83.5 Å². The van der Waals surface area contributed by atoms with Crippen LogP contribution < -0.4 is 0 Å². The predicted octanol–water partition coefficient (Wildman–Crippen LogP) is 7.55. The van der Waals surface area contributed by atoms with E-state index in [1.54, 1.807) is 6.92 Å². The second-order valence-corrected chi connectivity index (χ2v) is 12.0. The van der Waals surface area contributed by atoms with E-state index >= 15 is 0 Å². The molecule has 0 bridgehead atoms. The smallest absolute Gasteiger partial charge is 0.369 e. The predicted molar refractivity (Wildman–Crippen MR) is 149 cm³/mol. The second kappa shape index (κ2) is 15.0. The molecule has 0 aromatic heterocycles. The Kier molecular flexibility index (Phi) is 13.9. The van der Waals surface area contributed by atoms with E-state index in [2.05, 4.69) is 95.7 Å². The number of rotatable bonds is 8. The zero-order valence-electron chi connectivity index (χ0n) is 20.6. The first kappa shape index (κ1) is 35.2. The maximum Gasteiger partial charge on any atom is 0.369 e. The van der Waals surface area contributed by atoms with Crippen LogP contribution in [-0.2, 0) is 30.5 Å². The third-order valence-corrected chi connectivity index (χ3v) is 8.69. The van der Waals surface area contributed by atoms with Gasteiger partial charge in [0, 0.05) is 0 Å². The molecule has 210 valence electrons. The van der Waals surface area contributed by atoms with Crippen LogP contribution in [0.2, 0.25) is 0 Å². The van der Waals surface area contributed by atoms with Gasteiger partial charge in [-0.2, -0.15) is 8.78 Å². The minimum Gasteiger partial charge on any atom is -0.743 e. The van der Waals surface area contributed by atoms with E-state index in [0.29, 0.717) is 13.3 Å². The minimum atomic E-state index is -5.86. The third-order valence-electron chi connectivity index (χ3n) is 5.46. The fourth-order valence-corrected chi connectivity index (χ4v) is 5.37. The average Bonchev–Trinajstić information content (AvgIpc) is 2.86. The molecule has 1 atom stereocenters. The largest absolute Gasteiger partial charge is 0.743 e. The molecule has 9 heteroatoms. The van der Waals surface area contributed by atoms with Crippen LogP contribution in [0.15, 0.2) is 106 Å². The van der Waals surface area contributed by atoms with Crippen molar-refractivity contribution in [1.29, 1.82) is 0 Å². The lowest BCUT2D eigenvalue weighted by Crippen LogP contribution is -2.44. The Morgan fingerprint density at radius 1 is 0.842 bits per heavy atom. The summed E-state index contributed by atoms with van der Waals surface area (Å²) >= 11 is 0. The van der Waals surface area contributed by atoms with Crippen LogP contribution in [0.3, 0.4) is 0 Å². The number of carbonyl (C=O) groups is 1. The van der Waals surface area contributed by atoms with Crippen molar-refractivity contribution in [2.75, 3.05) is 0 Å². The maximum absolute atomic E-state index is 13.0. The highest BCUT2D eigenvalue weighted by Gasteiger charge is 2.47. The molecule has 0 radical (unpaired) electrons. The average molecular weight is 569 g/mol. The van der Waals surface area contributed by atoms with E-state index in [1.807, 2.05) is 0 Å². The van der Waals surface area contributed by atoms with E-state index in [9.17, 15) is 26.5 Å². The molecule has 1 unspecified atom stereocenters. The van der Waals surface area contributed by atoms with Gasteiger partial charge >= 0.3 is 11.2 Å². The summed E-state index contributed by atoms with van der Waals surface area (Å²) in [4.78, 5) is 15.5. The number of alkyl halides is 2. The first-order chi connectivity index (χ1) is 16.8. The molecule has 3 aromatic carbocycles. The Balaban J connectivity index is 0.000000691. The van der Waals surface area contributed by atoms with Crippen molar-refractivity contribution in [2.45, 2.75) is 75.0 Å². The summed E-state index contributed by atoms with van der Waals surface area (Å²) < 4.78 is 61.2. The molecule has 0 heterocycles. The molecular weight excluding hydrogens is 530 g/mol. The van der Waals surface area contributed by atoms with Gasteiger partial charge in [-0.1, -0.05) is 76.4 Å². The molecule has 0 fully saturated rings. The van der Waals surface area contributed by atoms with Gasteiger partial charge in [-0.3, -0.25) is 4.79 Å². The highest BCUT2D eigenvalue weighted by Crippen LogP contribution is 2.31. The summed E-state index contributed by atoms with van der Waals surface area (Å²) in [5.41, 5.74) is -1.02. The number of halogens is 2. The molecule has 0 aliphatic carbocycles. The Hall–Kier alpha value is -2.75. The quantitative estimate of drug-likeness (QED) is 0.159. The van der Waals surface area contributed by atoms with Crippen molar-refractivity contribution in [3.05, 3.63) is 91.0 Å². The van der Waals surface area contributed by atoms with Crippen molar-refractivity contribution >= 4 is 27.0 Å². The molecule has 3 aromatic rings. The van der Waals surface area contributed by atoms with E-state index < -0.39 is 32.9 Å². The first-order valence-corrected chi connectivity index (χ1v) is 13.9. The molecule has 38 heavy (non-hydrogen) atoms. The van der Waals surface area contributed by atoms with Crippen LogP contribution in [0.1, 0.15) is 49.0 Å². The molecule has 0 aliphatic heterocycles. The number of hydrogen-bond donors (Lipinski definition) is 0. The molecule has 0 spiro atoms. The maximum atomic E-state index is 13.0. The first-order valence-electron chi connectivity index (χ1n) is 11.2. The fourth-order valence-electron chi connectivity index (χ4n) is 2.81. The van der Waals surface area contributed by atoms with Gasteiger partial charge in [0.25, 0.3) is 0 Å². The lowest BCUT2D eigenvalue weighted by atomic mass is 9.91. The summed E-state index contributed by atoms with van der Waals surface area (Å²) in [5, 5.41) is -4.63. The summed E-state index contributed by atoms with van der Waals surface area (Å²) in [6, 6.07) is 32.2. The van der Waals surface area contributed by atoms with Gasteiger partial charge in [-0.25, -0.2) is 8.42 Å². The fraction of sp³-hybridized carbons (Fsp3) is 0.345. The van der Waals surface area contributed by atoms with E-state index in [0.717, 1.165) is 0 Å². The van der Waals surface area contributed by atoms with Gasteiger partial charge in [-0.15, -0.1) is 0 Å². The number of esters is 1. The van der Waals surface area contributed by atoms with Gasteiger partial charge in [-0.05, 0) is 63.6 Å². The molecule has 0 saturated heterocycles. The molecule has 3 rings (SSSR count). The van der Waals surface area contributed by atoms with Gasteiger partial charge in [0.15, 0.2) is 30.9 Å². The van der Waals surface area contributed by atoms with E-state index in [4.69, 9.17) is 0 Å². The number of carbonyl (C=O) groups excluding carboxylic acids is 1. The molecular formula is C29H38F2O5S2. The molecule has 0 amide bonds. The van der Waals surface area contributed by atoms with Crippen molar-refractivity contribution in [2.24, 2.45) is 5.41 Å². The Morgan fingerprint density at radius 2 is 1.16 bits per heavy atom. The van der Waals surface area contributed by atoms with Gasteiger partial charge in [0.2, 0.25) is 0 Å². The van der Waals surface area contributed by atoms with E-state index in [-0.39, 0.29) is 25.7 Å². The molecule has 0 N–H and O–H groups in total.